The van der Waals surface area contributed by atoms with Gasteiger partial charge in [-0.3, -0.25) is 20.1 Å². The van der Waals surface area contributed by atoms with E-state index in [4.69, 9.17) is 4.74 Å². The highest BCUT2D eigenvalue weighted by Crippen LogP contribution is 2.40. The summed E-state index contributed by atoms with van der Waals surface area (Å²) in [7, 11) is 1.21. The summed E-state index contributed by atoms with van der Waals surface area (Å²) in [5.74, 6) is -2.15. The summed E-state index contributed by atoms with van der Waals surface area (Å²) in [4.78, 5) is 31.8. The van der Waals surface area contributed by atoms with Gasteiger partial charge in [-0.15, -0.1) is 0 Å². The Bertz CT molecular complexity index is 1100. The minimum absolute atomic E-state index is 0.00244. The summed E-state index contributed by atoms with van der Waals surface area (Å²) in [5, 5.41) is 3.17. The van der Waals surface area contributed by atoms with E-state index in [1.165, 1.54) is 13.2 Å². The van der Waals surface area contributed by atoms with Crippen LogP contribution in [0.4, 0.5) is 8.78 Å². The molecule has 1 aromatic heterocycles. The Labute approximate surface area is 215 Å². The average molecular weight is 514 g/mol. The van der Waals surface area contributed by atoms with Crippen LogP contribution in [0.5, 0.6) is 0 Å². The number of amides is 1. The summed E-state index contributed by atoms with van der Waals surface area (Å²) in [6, 6.07) is 6.53. The number of ether oxygens (including phenoxy) is 1. The van der Waals surface area contributed by atoms with Crippen LogP contribution in [-0.2, 0) is 14.3 Å². The van der Waals surface area contributed by atoms with E-state index >= 15 is 0 Å². The van der Waals surface area contributed by atoms with Gasteiger partial charge in [-0.05, 0) is 74.4 Å². The van der Waals surface area contributed by atoms with Gasteiger partial charge in [0.15, 0.2) is 0 Å². The van der Waals surface area contributed by atoms with Gasteiger partial charge in [0.1, 0.15) is 17.7 Å². The van der Waals surface area contributed by atoms with Gasteiger partial charge in [-0.25, -0.2) is 19.0 Å². The number of halogens is 2. The van der Waals surface area contributed by atoms with Gasteiger partial charge < -0.3 is 10.1 Å². The van der Waals surface area contributed by atoms with E-state index in [-0.39, 0.29) is 35.4 Å². The number of fused-ring (bicyclic) bond motifs is 1. The van der Waals surface area contributed by atoms with Crippen molar-refractivity contribution < 1.29 is 23.1 Å². The van der Waals surface area contributed by atoms with E-state index in [0.29, 0.717) is 25.6 Å². The molecule has 8 nitrogen and oxygen atoms in total. The van der Waals surface area contributed by atoms with Crippen molar-refractivity contribution in [2.45, 2.75) is 56.3 Å². The maximum absolute atomic E-state index is 14.6. The average Bonchev–Trinajstić information content (AvgIpc) is 3.34. The third kappa shape index (κ3) is 5.37. The monoisotopic (exact) mass is 513 g/mol. The molecule has 198 valence electrons. The Morgan fingerprint density at radius 2 is 1.86 bits per heavy atom. The van der Waals surface area contributed by atoms with Crippen molar-refractivity contribution in [1.29, 1.82) is 0 Å². The zero-order chi connectivity index (χ0) is 25.9. The van der Waals surface area contributed by atoms with Gasteiger partial charge in [-0.1, -0.05) is 6.07 Å². The standard InChI is InChI=1S/C27H33F2N5O3/c1-37-27(36)25(23-20(28)5-2-6-21(23)29)34-13-3-4-18(15-34)31-26(35)17-7-8-22-19(14-17)24(33-32-22)16-9-11-30-12-10-16/h2,5-6,9-12,17-19,22,24-25,32-33H,3-4,7-8,13-15H2,1H3,(H,31,35)/t17?,18-,19?,22?,24?,25-/m1/s1. The highest BCUT2D eigenvalue weighted by molar-refractivity contribution is 5.79. The van der Waals surface area contributed by atoms with Gasteiger partial charge in [0, 0.05) is 36.9 Å². The molecule has 1 aliphatic carbocycles. The molecule has 0 spiro atoms. The van der Waals surface area contributed by atoms with E-state index in [1.54, 1.807) is 17.3 Å². The predicted molar refractivity (Wildman–Crippen MR) is 132 cm³/mol. The molecular formula is C27H33F2N5O3. The Hall–Kier alpha value is -2.95. The third-order valence-corrected chi connectivity index (χ3v) is 8.05. The van der Waals surface area contributed by atoms with Crippen LogP contribution in [0.15, 0.2) is 42.7 Å². The molecule has 6 atom stereocenters. The third-order valence-electron chi connectivity index (χ3n) is 8.05. The fourth-order valence-electron chi connectivity index (χ4n) is 6.21. The van der Waals surface area contributed by atoms with Crippen molar-refractivity contribution in [2.75, 3.05) is 20.2 Å². The summed E-state index contributed by atoms with van der Waals surface area (Å²) >= 11 is 0. The Kier molecular flexibility index (Phi) is 7.78. The van der Waals surface area contributed by atoms with Crippen molar-refractivity contribution >= 4 is 11.9 Å². The summed E-state index contributed by atoms with van der Waals surface area (Å²) in [6.07, 6.45) is 7.41. The van der Waals surface area contributed by atoms with Crippen molar-refractivity contribution in [3.05, 3.63) is 65.5 Å². The number of hydrogen-bond donors (Lipinski definition) is 3. The molecule has 2 saturated heterocycles. The number of likely N-dealkylation sites (tertiary alicyclic amines) is 1. The Balaban J connectivity index is 1.25. The number of nitrogens with zero attached hydrogens (tertiary/aromatic N) is 2. The first-order chi connectivity index (χ1) is 18.0. The van der Waals surface area contributed by atoms with Gasteiger partial charge in [0.05, 0.1) is 18.7 Å². The van der Waals surface area contributed by atoms with Crippen molar-refractivity contribution in [3.8, 4) is 0 Å². The fourth-order valence-corrected chi connectivity index (χ4v) is 6.21. The zero-order valence-electron chi connectivity index (χ0n) is 20.8. The lowest BCUT2D eigenvalue weighted by Crippen LogP contribution is -2.52. The summed E-state index contributed by atoms with van der Waals surface area (Å²) < 4.78 is 34.1. The topological polar surface area (TPSA) is 95.6 Å². The first kappa shape index (κ1) is 25.7. The second kappa shape index (κ2) is 11.2. The number of pyridine rings is 1. The molecule has 3 fully saturated rings. The molecule has 1 saturated carbocycles. The fraction of sp³-hybridized carbons (Fsp3) is 0.519. The summed E-state index contributed by atoms with van der Waals surface area (Å²) in [5.41, 5.74) is 7.62. The van der Waals surface area contributed by atoms with Crippen molar-refractivity contribution in [1.82, 2.24) is 26.1 Å². The van der Waals surface area contributed by atoms with Crippen LogP contribution >= 0.6 is 0 Å². The first-order valence-electron chi connectivity index (χ1n) is 12.9. The van der Waals surface area contributed by atoms with Gasteiger partial charge in [-0.2, -0.15) is 0 Å². The minimum atomic E-state index is -1.21. The van der Waals surface area contributed by atoms with Crippen LogP contribution in [-0.4, -0.2) is 54.0 Å². The molecule has 3 heterocycles. The van der Waals surface area contributed by atoms with Gasteiger partial charge >= 0.3 is 5.97 Å². The number of hydrazine groups is 1. The van der Waals surface area contributed by atoms with Crippen LogP contribution in [0.3, 0.4) is 0 Å². The van der Waals surface area contributed by atoms with Gasteiger partial charge in [0.2, 0.25) is 5.91 Å². The van der Waals surface area contributed by atoms with Crippen LogP contribution < -0.4 is 16.2 Å². The van der Waals surface area contributed by atoms with Crippen LogP contribution in [0.1, 0.15) is 55.3 Å². The highest BCUT2D eigenvalue weighted by Gasteiger charge is 2.43. The molecule has 3 aliphatic rings. The number of hydrogen-bond acceptors (Lipinski definition) is 7. The number of esters is 1. The van der Waals surface area contributed by atoms with E-state index in [0.717, 1.165) is 43.4 Å². The molecule has 5 rings (SSSR count). The molecule has 2 aromatic rings. The zero-order valence-corrected chi connectivity index (χ0v) is 20.8. The van der Waals surface area contributed by atoms with Crippen LogP contribution in [0, 0.1) is 23.5 Å². The second-order valence-electron chi connectivity index (χ2n) is 10.2. The van der Waals surface area contributed by atoms with E-state index < -0.39 is 23.6 Å². The number of carbonyl (C=O) groups excluding carboxylic acids is 2. The summed E-state index contributed by atoms with van der Waals surface area (Å²) in [6.45, 7) is 0.777. The van der Waals surface area contributed by atoms with Crippen LogP contribution in [0.2, 0.25) is 0 Å². The smallest absolute Gasteiger partial charge is 0.327 e. The Morgan fingerprint density at radius 3 is 2.59 bits per heavy atom. The molecule has 1 aromatic carbocycles. The number of carbonyl (C=O) groups is 2. The molecule has 37 heavy (non-hydrogen) atoms. The van der Waals surface area contributed by atoms with Crippen molar-refractivity contribution in [3.63, 3.8) is 0 Å². The predicted octanol–water partition coefficient (Wildman–Crippen LogP) is 2.79. The molecule has 4 unspecified atom stereocenters. The number of aromatic nitrogens is 1. The normalized spacial score (nSPS) is 28.8. The largest absolute Gasteiger partial charge is 0.468 e. The van der Waals surface area contributed by atoms with Crippen LogP contribution in [0.25, 0.3) is 0 Å². The number of nitrogens with one attached hydrogen (secondary N) is 3. The Morgan fingerprint density at radius 1 is 1.11 bits per heavy atom. The quantitative estimate of drug-likeness (QED) is 0.512. The molecule has 0 bridgehead atoms. The minimum Gasteiger partial charge on any atom is -0.468 e. The molecule has 10 heteroatoms. The number of benzene rings is 1. The molecule has 0 radical (unpaired) electrons. The maximum atomic E-state index is 14.6. The molecule has 2 aliphatic heterocycles. The lowest BCUT2D eigenvalue weighted by atomic mass is 9.74. The lowest BCUT2D eigenvalue weighted by molar-refractivity contribution is -0.148. The highest BCUT2D eigenvalue weighted by atomic mass is 19.1. The van der Waals surface area contributed by atoms with E-state index in [1.807, 2.05) is 12.1 Å². The number of piperidine rings is 1. The molecule has 3 N–H and O–H groups in total. The van der Waals surface area contributed by atoms with Crippen molar-refractivity contribution in [2.24, 2.45) is 11.8 Å². The number of rotatable bonds is 6. The second-order valence-corrected chi connectivity index (χ2v) is 10.2. The van der Waals surface area contributed by atoms with E-state index in [9.17, 15) is 18.4 Å². The molecule has 1 amide bonds. The van der Waals surface area contributed by atoms with Gasteiger partial charge in [0.25, 0.3) is 0 Å². The number of methoxy groups -OCH3 is 1. The molecular weight excluding hydrogens is 480 g/mol. The lowest BCUT2D eigenvalue weighted by Gasteiger charge is -2.38. The van der Waals surface area contributed by atoms with E-state index in [2.05, 4.69) is 21.2 Å². The maximum Gasteiger partial charge on any atom is 0.327 e. The first-order valence-corrected chi connectivity index (χ1v) is 12.9. The SMILES string of the molecule is COC(=O)[C@@H](c1c(F)cccc1F)N1CCC[C@@H](NC(=O)C2CCC3NNC(c4ccncc4)C3C2)C1.